The Morgan fingerprint density at radius 1 is 1.38 bits per heavy atom. The molecule has 1 N–H and O–H groups in total. The SMILES string of the molecule is O=[N+]([O-])c1cnc(NCC2CCCN2Cc2ccccc2)c(Cl)c1. The molecule has 1 aromatic carbocycles. The van der Waals surface area contributed by atoms with E-state index in [1.807, 2.05) is 6.07 Å². The smallest absolute Gasteiger partial charge is 0.289 e. The van der Waals surface area contributed by atoms with Crippen molar-refractivity contribution in [3.8, 4) is 0 Å². The lowest BCUT2D eigenvalue weighted by molar-refractivity contribution is -0.385. The van der Waals surface area contributed by atoms with E-state index in [1.165, 1.54) is 24.2 Å². The van der Waals surface area contributed by atoms with Crippen molar-refractivity contribution >= 4 is 23.1 Å². The first-order chi connectivity index (χ1) is 11.6. The van der Waals surface area contributed by atoms with Gasteiger partial charge in [0.25, 0.3) is 5.69 Å². The van der Waals surface area contributed by atoms with E-state index in [1.54, 1.807) is 0 Å². The van der Waals surface area contributed by atoms with Gasteiger partial charge in [-0.05, 0) is 24.9 Å². The van der Waals surface area contributed by atoms with Gasteiger partial charge in [0.15, 0.2) is 0 Å². The average Bonchev–Trinajstić information content (AvgIpc) is 3.01. The summed E-state index contributed by atoms with van der Waals surface area (Å²) in [6.07, 6.45) is 3.51. The van der Waals surface area contributed by atoms with Crippen molar-refractivity contribution in [1.82, 2.24) is 9.88 Å². The van der Waals surface area contributed by atoms with Crippen molar-refractivity contribution in [3.05, 3.63) is 63.3 Å². The van der Waals surface area contributed by atoms with Crippen LogP contribution >= 0.6 is 11.6 Å². The maximum absolute atomic E-state index is 10.7. The molecule has 1 aliphatic heterocycles. The number of benzene rings is 1. The third-order valence-electron chi connectivity index (χ3n) is 4.27. The van der Waals surface area contributed by atoms with Crippen molar-refractivity contribution in [3.63, 3.8) is 0 Å². The fourth-order valence-corrected chi connectivity index (χ4v) is 3.25. The highest BCUT2D eigenvalue weighted by Gasteiger charge is 2.24. The molecule has 1 saturated heterocycles. The number of anilines is 1. The number of hydrogen-bond donors (Lipinski definition) is 1. The van der Waals surface area contributed by atoms with Gasteiger partial charge in [-0.15, -0.1) is 0 Å². The summed E-state index contributed by atoms with van der Waals surface area (Å²) in [7, 11) is 0. The summed E-state index contributed by atoms with van der Waals surface area (Å²) in [6.45, 7) is 2.72. The molecule has 126 valence electrons. The summed E-state index contributed by atoms with van der Waals surface area (Å²) in [6, 6.07) is 12.1. The molecule has 0 aliphatic carbocycles. The predicted octanol–water partition coefficient (Wildman–Crippen LogP) is 3.72. The normalized spacial score (nSPS) is 17.8. The molecule has 0 saturated carbocycles. The maximum Gasteiger partial charge on any atom is 0.289 e. The van der Waals surface area contributed by atoms with Gasteiger partial charge in [-0.2, -0.15) is 0 Å². The molecule has 0 radical (unpaired) electrons. The first-order valence-corrected chi connectivity index (χ1v) is 8.33. The van der Waals surface area contributed by atoms with Crippen molar-refractivity contribution in [2.75, 3.05) is 18.4 Å². The second-order valence-electron chi connectivity index (χ2n) is 5.91. The largest absolute Gasteiger partial charge is 0.367 e. The van der Waals surface area contributed by atoms with Crippen LogP contribution < -0.4 is 5.32 Å². The number of halogens is 1. The Morgan fingerprint density at radius 2 is 2.17 bits per heavy atom. The minimum absolute atomic E-state index is 0.0999. The second-order valence-corrected chi connectivity index (χ2v) is 6.32. The van der Waals surface area contributed by atoms with E-state index in [9.17, 15) is 10.1 Å². The molecule has 0 bridgehead atoms. The Balaban J connectivity index is 1.60. The van der Waals surface area contributed by atoms with Gasteiger partial charge >= 0.3 is 0 Å². The van der Waals surface area contributed by atoms with Gasteiger partial charge in [-0.1, -0.05) is 41.9 Å². The molecule has 0 amide bonds. The van der Waals surface area contributed by atoms with Crippen LogP contribution in [0.5, 0.6) is 0 Å². The van der Waals surface area contributed by atoms with Gasteiger partial charge in [-0.3, -0.25) is 15.0 Å². The molecule has 2 heterocycles. The van der Waals surface area contributed by atoms with Crippen molar-refractivity contribution in [1.29, 1.82) is 0 Å². The summed E-state index contributed by atoms with van der Waals surface area (Å²) in [4.78, 5) is 16.7. The first kappa shape index (κ1) is 16.7. The number of nitrogens with one attached hydrogen (secondary N) is 1. The van der Waals surface area contributed by atoms with E-state index in [4.69, 9.17) is 11.6 Å². The topological polar surface area (TPSA) is 71.3 Å². The van der Waals surface area contributed by atoms with Gasteiger partial charge in [0.1, 0.15) is 12.0 Å². The number of nitrogens with zero attached hydrogens (tertiary/aromatic N) is 3. The number of hydrogen-bond acceptors (Lipinski definition) is 5. The van der Waals surface area contributed by atoms with Crippen molar-refractivity contribution < 1.29 is 4.92 Å². The molecule has 1 fully saturated rings. The standard InChI is InChI=1S/C17H19ClN4O2/c18-16-9-15(22(23)24)11-20-17(16)19-10-14-7-4-8-21(14)12-13-5-2-1-3-6-13/h1-3,5-6,9,11,14H,4,7-8,10,12H2,(H,19,20). The van der Waals surface area contributed by atoms with E-state index >= 15 is 0 Å². The first-order valence-electron chi connectivity index (χ1n) is 7.95. The lowest BCUT2D eigenvalue weighted by atomic mass is 10.2. The average molecular weight is 347 g/mol. The summed E-state index contributed by atoms with van der Waals surface area (Å²) in [5, 5.41) is 14.2. The summed E-state index contributed by atoms with van der Waals surface area (Å²) >= 11 is 6.08. The molecule has 3 rings (SSSR count). The van der Waals surface area contributed by atoms with Crippen molar-refractivity contribution in [2.24, 2.45) is 0 Å². The van der Waals surface area contributed by atoms with Gasteiger partial charge in [0, 0.05) is 25.2 Å². The fourth-order valence-electron chi connectivity index (χ4n) is 3.02. The van der Waals surface area contributed by atoms with Crippen LogP contribution in [-0.4, -0.2) is 33.9 Å². The number of aromatic nitrogens is 1. The molecule has 1 aliphatic rings. The van der Waals surface area contributed by atoms with Crippen LogP contribution in [0, 0.1) is 10.1 Å². The Bertz CT molecular complexity index is 711. The minimum Gasteiger partial charge on any atom is -0.367 e. The summed E-state index contributed by atoms with van der Waals surface area (Å²) in [5.41, 5.74) is 1.20. The molecule has 1 unspecified atom stereocenters. The number of likely N-dealkylation sites (tertiary alicyclic amines) is 1. The zero-order valence-corrected chi connectivity index (χ0v) is 13.9. The third-order valence-corrected chi connectivity index (χ3v) is 4.56. The van der Waals surface area contributed by atoms with Crippen LogP contribution in [-0.2, 0) is 6.54 Å². The summed E-state index contributed by atoms with van der Waals surface area (Å²) < 4.78 is 0. The van der Waals surface area contributed by atoms with Crippen LogP contribution in [0.4, 0.5) is 11.5 Å². The van der Waals surface area contributed by atoms with Crippen molar-refractivity contribution in [2.45, 2.75) is 25.4 Å². The van der Waals surface area contributed by atoms with Gasteiger partial charge in [-0.25, -0.2) is 4.98 Å². The third kappa shape index (κ3) is 4.01. The van der Waals surface area contributed by atoms with Crippen LogP contribution in [0.15, 0.2) is 42.6 Å². The molecule has 6 nitrogen and oxygen atoms in total. The van der Waals surface area contributed by atoms with E-state index in [0.717, 1.165) is 26.1 Å². The molecule has 1 atom stereocenters. The Hall–Kier alpha value is -2.18. The predicted molar refractivity (Wildman–Crippen MR) is 94.3 cm³/mol. The Morgan fingerprint density at radius 3 is 2.88 bits per heavy atom. The fraction of sp³-hybridized carbons (Fsp3) is 0.353. The van der Waals surface area contributed by atoms with Gasteiger partial charge in [0.2, 0.25) is 0 Å². The number of rotatable bonds is 6. The molecule has 7 heteroatoms. The molecule has 2 aromatic rings. The lowest BCUT2D eigenvalue weighted by Gasteiger charge is -2.25. The van der Waals surface area contributed by atoms with Crippen LogP contribution in [0.3, 0.4) is 0 Å². The Kier molecular flexibility index (Phi) is 5.27. The van der Waals surface area contributed by atoms with E-state index in [0.29, 0.717) is 11.9 Å². The number of nitro groups is 1. The van der Waals surface area contributed by atoms with Gasteiger partial charge in [0.05, 0.1) is 9.95 Å². The van der Waals surface area contributed by atoms with Gasteiger partial charge < -0.3 is 5.32 Å². The lowest BCUT2D eigenvalue weighted by Crippen LogP contribution is -2.34. The monoisotopic (exact) mass is 346 g/mol. The quantitative estimate of drug-likeness (QED) is 0.637. The Labute approximate surface area is 145 Å². The highest BCUT2D eigenvalue weighted by molar-refractivity contribution is 6.33. The number of pyridine rings is 1. The van der Waals surface area contributed by atoms with E-state index in [-0.39, 0.29) is 10.7 Å². The maximum atomic E-state index is 10.7. The molecule has 0 spiro atoms. The van der Waals surface area contributed by atoms with Crippen LogP contribution in [0.1, 0.15) is 18.4 Å². The zero-order valence-electron chi connectivity index (χ0n) is 13.2. The molecular weight excluding hydrogens is 328 g/mol. The molecule has 24 heavy (non-hydrogen) atoms. The van der Waals surface area contributed by atoms with Crippen LogP contribution in [0.2, 0.25) is 5.02 Å². The summed E-state index contributed by atoms with van der Waals surface area (Å²) in [5.74, 6) is 0.494. The second kappa shape index (κ2) is 7.59. The highest BCUT2D eigenvalue weighted by Crippen LogP contribution is 2.25. The minimum atomic E-state index is -0.499. The highest BCUT2D eigenvalue weighted by atomic mass is 35.5. The van der Waals surface area contributed by atoms with E-state index < -0.39 is 4.92 Å². The van der Waals surface area contributed by atoms with Crippen LogP contribution in [0.25, 0.3) is 0 Å². The molecule has 1 aromatic heterocycles. The van der Waals surface area contributed by atoms with E-state index in [2.05, 4.69) is 39.5 Å². The molecular formula is C17H19ClN4O2. The zero-order chi connectivity index (χ0) is 16.9.